The van der Waals surface area contributed by atoms with E-state index in [0.717, 1.165) is 35.1 Å². The summed E-state index contributed by atoms with van der Waals surface area (Å²) in [6.07, 6.45) is 6.81. The maximum absolute atomic E-state index is 6.05. The van der Waals surface area contributed by atoms with Crippen molar-refractivity contribution in [1.82, 2.24) is 19.3 Å². The van der Waals surface area contributed by atoms with Crippen LogP contribution in [0.3, 0.4) is 0 Å². The number of aryl methyl sites for hydroxylation is 3. The summed E-state index contributed by atoms with van der Waals surface area (Å²) in [5, 5.41) is 4.46. The molecule has 19 heavy (non-hydrogen) atoms. The number of hydrogen-bond acceptors (Lipinski definition) is 2. The maximum atomic E-state index is 6.05. The quantitative estimate of drug-likeness (QED) is 0.805. The smallest absolute Gasteiger partial charge is 0.158 e. The van der Waals surface area contributed by atoms with E-state index < -0.39 is 0 Å². The molecule has 2 heterocycles. The molecule has 0 atom stereocenters. The van der Waals surface area contributed by atoms with Gasteiger partial charge >= 0.3 is 0 Å². The van der Waals surface area contributed by atoms with Gasteiger partial charge in [-0.1, -0.05) is 25.7 Å². The van der Waals surface area contributed by atoms with Gasteiger partial charge in [0.2, 0.25) is 0 Å². The molecule has 0 aromatic carbocycles. The largest absolute Gasteiger partial charge is 0.312 e. The highest BCUT2D eigenvalue weighted by Crippen LogP contribution is 2.29. The predicted molar refractivity (Wildman–Crippen MR) is 77.4 cm³/mol. The van der Waals surface area contributed by atoms with E-state index in [0.29, 0.717) is 5.88 Å². The highest BCUT2D eigenvalue weighted by molar-refractivity contribution is 6.16. The highest BCUT2D eigenvalue weighted by Gasteiger charge is 2.19. The molecule has 0 N–H and O–H groups in total. The summed E-state index contributed by atoms with van der Waals surface area (Å²) < 4.78 is 4.20. The predicted octanol–water partition coefficient (Wildman–Crippen LogP) is 3.40. The van der Waals surface area contributed by atoms with Crippen molar-refractivity contribution in [2.75, 3.05) is 0 Å². The van der Waals surface area contributed by atoms with Crippen LogP contribution in [-0.4, -0.2) is 19.3 Å². The first-order chi connectivity index (χ1) is 9.20. The van der Waals surface area contributed by atoms with Gasteiger partial charge in [-0.05, 0) is 19.3 Å². The second kappa shape index (κ2) is 5.16. The molecule has 0 saturated heterocycles. The molecular formula is C14H21ClN4. The minimum atomic E-state index is 0.471. The molecule has 3 rings (SSSR count). The fourth-order valence-corrected chi connectivity index (χ4v) is 3.53. The molecule has 0 amide bonds. The molecule has 5 heteroatoms. The normalized spacial score (nSPS) is 16.8. The minimum absolute atomic E-state index is 0.471. The molecule has 104 valence electrons. The molecule has 1 fully saturated rings. The zero-order chi connectivity index (χ0) is 13.4. The number of halogens is 1. The molecule has 2 aromatic rings. The number of alkyl halides is 1. The first kappa shape index (κ1) is 13.0. The van der Waals surface area contributed by atoms with Crippen LogP contribution in [0.4, 0.5) is 0 Å². The molecule has 2 aromatic heterocycles. The van der Waals surface area contributed by atoms with Crippen LogP contribution in [-0.2, 0) is 19.5 Å². The van der Waals surface area contributed by atoms with Gasteiger partial charge in [0.15, 0.2) is 5.65 Å². The van der Waals surface area contributed by atoms with E-state index in [1.54, 1.807) is 0 Å². The van der Waals surface area contributed by atoms with Crippen molar-refractivity contribution >= 4 is 22.8 Å². The number of nitrogens with zero attached hydrogens (tertiary/aromatic N) is 4. The summed E-state index contributed by atoms with van der Waals surface area (Å²) in [6, 6.07) is 0. The Hall–Kier alpha value is -1.03. The Bertz CT molecular complexity index is 578. The van der Waals surface area contributed by atoms with Crippen LogP contribution >= 0.6 is 11.6 Å². The average Bonchev–Trinajstić information content (AvgIpc) is 3.07. The third-order valence-electron chi connectivity index (χ3n) is 4.32. The van der Waals surface area contributed by atoms with Crippen LogP contribution < -0.4 is 0 Å². The fraction of sp³-hybridized carbons (Fsp3) is 0.714. The Morgan fingerprint density at radius 3 is 2.74 bits per heavy atom. The van der Waals surface area contributed by atoms with E-state index in [9.17, 15) is 0 Å². The number of imidazole rings is 1. The average molecular weight is 281 g/mol. The van der Waals surface area contributed by atoms with Crippen molar-refractivity contribution in [2.45, 2.75) is 51.5 Å². The monoisotopic (exact) mass is 280 g/mol. The van der Waals surface area contributed by atoms with Crippen molar-refractivity contribution in [1.29, 1.82) is 0 Å². The molecule has 0 bridgehead atoms. The van der Waals surface area contributed by atoms with Gasteiger partial charge in [0, 0.05) is 13.6 Å². The van der Waals surface area contributed by atoms with Crippen LogP contribution in [0.2, 0.25) is 0 Å². The van der Waals surface area contributed by atoms with Crippen molar-refractivity contribution in [3.8, 4) is 0 Å². The van der Waals surface area contributed by atoms with Crippen molar-refractivity contribution in [2.24, 2.45) is 13.0 Å². The van der Waals surface area contributed by atoms with E-state index in [1.165, 1.54) is 32.1 Å². The number of aromatic nitrogens is 4. The molecule has 1 aliphatic carbocycles. The third-order valence-corrected chi connectivity index (χ3v) is 4.56. The summed E-state index contributed by atoms with van der Waals surface area (Å²) in [6.45, 7) is 3.02. The van der Waals surface area contributed by atoms with E-state index in [1.807, 2.05) is 18.7 Å². The first-order valence-corrected chi connectivity index (χ1v) is 7.69. The van der Waals surface area contributed by atoms with Crippen LogP contribution in [0.25, 0.3) is 11.2 Å². The number of fused-ring (bicyclic) bond motifs is 1. The molecular weight excluding hydrogens is 260 g/mol. The van der Waals surface area contributed by atoms with E-state index >= 15 is 0 Å². The summed E-state index contributed by atoms with van der Waals surface area (Å²) in [7, 11) is 1.99. The number of hydrogen-bond donors (Lipinski definition) is 0. The molecule has 1 saturated carbocycles. The Balaban J connectivity index is 1.91. The van der Waals surface area contributed by atoms with E-state index in [4.69, 9.17) is 11.6 Å². The van der Waals surface area contributed by atoms with Crippen LogP contribution in [0.5, 0.6) is 0 Å². The van der Waals surface area contributed by atoms with Crippen LogP contribution in [0.1, 0.15) is 43.6 Å². The molecule has 0 spiro atoms. The Morgan fingerprint density at radius 2 is 2.05 bits per heavy atom. The van der Waals surface area contributed by atoms with Gasteiger partial charge in [-0.3, -0.25) is 4.68 Å². The topological polar surface area (TPSA) is 35.6 Å². The molecule has 4 nitrogen and oxygen atoms in total. The zero-order valence-electron chi connectivity index (χ0n) is 11.7. The zero-order valence-corrected chi connectivity index (χ0v) is 12.4. The van der Waals surface area contributed by atoms with Gasteiger partial charge in [0.25, 0.3) is 0 Å². The molecule has 0 aliphatic heterocycles. The Morgan fingerprint density at radius 1 is 1.32 bits per heavy atom. The molecule has 1 aliphatic rings. The first-order valence-electron chi connectivity index (χ1n) is 7.15. The van der Waals surface area contributed by atoms with Crippen molar-refractivity contribution < 1.29 is 0 Å². The summed E-state index contributed by atoms with van der Waals surface area (Å²) >= 11 is 6.05. The lowest BCUT2D eigenvalue weighted by Gasteiger charge is -2.12. The van der Waals surface area contributed by atoms with E-state index in [-0.39, 0.29) is 0 Å². The van der Waals surface area contributed by atoms with Gasteiger partial charge < -0.3 is 4.57 Å². The lowest BCUT2D eigenvalue weighted by atomic mass is 10.0. The standard InChI is InChI=1S/C14H21ClN4/c1-10-13-14(18(2)17-10)19(12(9-15)16-13)8-7-11-5-3-4-6-11/h11H,3-9H2,1-2H3. The molecule has 0 radical (unpaired) electrons. The summed E-state index contributed by atoms with van der Waals surface area (Å²) in [4.78, 5) is 4.64. The minimum Gasteiger partial charge on any atom is -0.312 e. The fourth-order valence-electron chi connectivity index (χ4n) is 3.33. The summed E-state index contributed by atoms with van der Waals surface area (Å²) in [5.74, 6) is 2.33. The maximum Gasteiger partial charge on any atom is 0.158 e. The second-order valence-electron chi connectivity index (χ2n) is 5.63. The van der Waals surface area contributed by atoms with Gasteiger partial charge in [-0.15, -0.1) is 11.6 Å². The highest BCUT2D eigenvalue weighted by atomic mass is 35.5. The van der Waals surface area contributed by atoms with Crippen molar-refractivity contribution in [3.63, 3.8) is 0 Å². The van der Waals surface area contributed by atoms with Crippen LogP contribution in [0, 0.1) is 12.8 Å². The summed E-state index contributed by atoms with van der Waals surface area (Å²) in [5.41, 5.74) is 3.11. The second-order valence-corrected chi connectivity index (χ2v) is 5.90. The van der Waals surface area contributed by atoms with Gasteiger partial charge in [-0.2, -0.15) is 5.10 Å². The Labute approximate surface area is 118 Å². The lowest BCUT2D eigenvalue weighted by molar-refractivity contribution is 0.455. The number of rotatable bonds is 4. The lowest BCUT2D eigenvalue weighted by Crippen LogP contribution is -2.09. The van der Waals surface area contributed by atoms with Gasteiger partial charge in [0.05, 0.1) is 11.6 Å². The SMILES string of the molecule is Cc1nn(C)c2c1nc(CCl)n2CCC1CCCC1. The Kier molecular flexibility index (Phi) is 3.52. The van der Waals surface area contributed by atoms with Crippen LogP contribution in [0.15, 0.2) is 0 Å². The van der Waals surface area contributed by atoms with E-state index in [2.05, 4.69) is 14.6 Å². The van der Waals surface area contributed by atoms with Gasteiger partial charge in [-0.25, -0.2) is 4.98 Å². The third kappa shape index (κ3) is 2.27. The van der Waals surface area contributed by atoms with Crippen molar-refractivity contribution in [3.05, 3.63) is 11.5 Å². The molecule has 0 unspecified atom stereocenters. The van der Waals surface area contributed by atoms with Gasteiger partial charge in [0.1, 0.15) is 11.3 Å².